The molecule has 100 valence electrons. The van der Waals surface area contributed by atoms with Gasteiger partial charge in [0, 0.05) is 12.3 Å². The van der Waals surface area contributed by atoms with Gasteiger partial charge in [-0.2, -0.15) is 11.8 Å². The SMILES string of the molecule is COC(=O)c1ccc(OCCCSCCN)cc1. The molecular formula is C13H19NO3S. The van der Waals surface area contributed by atoms with Crippen LogP contribution in [0.2, 0.25) is 0 Å². The maximum absolute atomic E-state index is 11.2. The zero-order valence-corrected chi connectivity index (χ0v) is 11.4. The van der Waals surface area contributed by atoms with Gasteiger partial charge in [-0.25, -0.2) is 4.79 Å². The summed E-state index contributed by atoms with van der Waals surface area (Å²) in [7, 11) is 1.37. The van der Waals surface area contributed by atoms with Crippen LogP contribution in [0.25, 0.3) is 0 Å². The van der Waals surface area contributed by atoms with E-state index in [2.05, 4.69) is 4.74 Å². The molecule has 0 spiro atoms. The molecule has 2 N–H and O–H groups in total. The van der Waals surface area contributed by atoms with Crippen LogP contribution in [0.3, 0.4) is 0 Å². The molecule has 0 atom stereocenters. The summed E-state index contributed by atoms with van der Waals surface area (Å²) in [6.07, 6.45) is 0.990. The lowest BCUT2D eigenvalue weighted by Crippen LogP contribution is -2.04. The molecule has 1 aromatic rings. The maximum atomic E-state index is 11.2. The number of carbonyl (C=O) groups is 1. The van der Waals surface area contributed by atoms with Gasteiger partial charge in [0.25, 0.3) is 0 Å². The summed E-state index contributed by atoms with van der Waals surface area (Å²) in [5, 5.41) is 0. The second-order valence-corrected chi connectivity index (χ2v) is 4.84. The first-order valence-corrected chi connectivity index (χ1v) is 7.02. The Labute approximate surface area is 112 Å². The molecule has 0 radical (unpaired) electrons. The van der Waals surface area contributed by atoms with Crippen molar-refractivity contribution < 1.29 is 14.3 Å². The molecule has 18 heavy (non-hydrogen) atoms. The number of hydrogen-bond donors (Lipinski definition) is 1. The molecule has 0 aliphatic carbocycles. The number of rotatable bonds is 8. The molecule has 4 nitrogen and oxygen atoms in total. The van der Waals surface area contributed by atoms with E-state index in [0.717, 1.165) is 30.2 Å². The van der Waals surface area contributed by atoms with E-state index in [1.54, 1.807) is 24.3 Å². The lowest BCUT2D eigenvalue weighted by atomic mass is 10.2. The van der Waals surface area contributed by atoms with E-state index in [4.69, 9.17) is 10.5 Å². The fourth-order valence-electron chi connectivity index (χ4n) is 1.34. The number of benzene rings is 1. The Morgan fingerprint density at radius 2 is 2.00 bits per heavy atom. The van der Waals surface area contributed by atoms with E-state index in [9.17, 15) is 4.79 Å². The summed E-state index contributed by atoms with van der Waals surface area (Å²) in [6, 6.07) is 6.95. The number of thioether (sulfide) groups is 1. The van der Waals surface area contributed by atoms with Crippen molar-refractivity contribution in [1.29, 1.82) is 0 Å². The predicted molar refractivity (Wildman–Crippen MR) is 74.3 cm³/mol. The van der Waals surface area contributed by atoms with E-state index in [-0.39, 0.29) is 5.97 Å². The molecule has 0 aromatic heterocycles. The van der Waals surface area contributed by atoms with Gasteiger partial charge in [-0.3, -0.25) is 0 Å². The monoisotopic (exact) mass is 269 g/mol. The predicted octanol–water partition coefficient (Wildman–Crippen LogP) is 1.93. The zero-order chi connectivity index (χ0) is 13.2. The summed E-state index contributed by atoms with van der Waals surface area (Å²) < 4.78 is 10.2. The largest absolute Gasteiger partial charge is 0.494 e. The van der Waals surface area contributed by atoms with Gasteiger partial charge < -0.3 is 15.2 Å². The highest BCUT2D eigenvalue weighted by Crippen LogP contribution is 2.13. The van der Waals surface area contributed by atoms with Gasteiger partial charge in [0.2, 0.25) is 0 Å². The van der Waals surface area contributed by atoms with Gasteiger partial charge in [0.15, 0.2) is 0 Å². The zero-order valence-electron chi connectivity index (χ0n) is 10.6. The van der Waals surface area contributed by atoms with Crippen molar-refractivity contribution >= 4 is 17.7 Å². The smallest absolute Gasteiger partial charge is 0.337 e. The lowest BCUT2D eigenvalue weighted by Gasteiger charge is -2.06. The van der Waals surface area contributed by atoms with Crippen LogP contribution < -0.4 is 10.5 Å². The number of methoxy groups -OCH3 is 1. The first kappa shape index (κ1) is 14.9. The van der Waals surface area contributed by atoms with Crippen LogP contribution in [0.4, 0.5) is 0 Å². The molecule has 0 amide bonds. The summed E-state index contributed by atoms with van der Waals surface area (Å²) in [5.41, 5.74) is 5.93. The van der Waals surface area contributed by atoms with Crippen molar-refractivity contribution in [1.82, 2.24) is 0 Å². The fourth-order valence-corrected chi connectivity index (χ4v) is 2.03. The van der Waals surface area contributed by atoms with Gasteiger partial charge in [-0.05, 0) is 36.4 Å². The van der Waals surface area contributed by atoms with Crippen molar-refractivity contribution in [2.45, 2.75) is 6.42 Å². The van der Waals surface area contributed by atoms with Crippen LogP contribution in [-0.2, 0) is 4.74 Å². The van der Waals surface area contributed by atoms with Crippen LogP contribution in [0.5, 0.6) is 5.75 Å². The summed E-state index contributed by atoms with van der Waals surface area (Å²) in [4.78, 5) is 11.2. The number of hydrogen-bond acceptors (Lipinski definition) is 5. The Bertz CT molecular complexity index is 354. The number of nitrogens with two attached hydrogens (primary N) is 1. The Hall–Kier alpha value is -1.20. The highest BCUT2D eigenvalue weighted by atomic mass is 32.2. The third-order valence-electron chi connectivity index (χ3n) is 2.24. The Kier molecular flexibility index (Phi) is 7.29. The molecule has 0 bridgehead atoms. The van der Waals surface area contributed by atoms with E-state index in [1.165, 1.54) is 7.11 Å². The Morgan fingerprint density at radius 1 is 1.28 bits per heavy atom. The number of carbonyl (C=O) groups excluding carboxylic acids is 1. The highest BCUT2D eigenvalue weighted by molar-refractivity contribution is 7.99. The second kappa shape index (κ2) is 8.83. The molecule has 0 saturated carbocycles. The molecule has 0 heterocycles. The van der Waals surface area contributed by atoms with Crippen LogP contribution in [0, 0.1) is 0 Å². The van der Waals surface area contributed by atoms with Crippen LogP contribution in [-0.4, -0.2) is 37.7 Å². The van der Waals surface area contributed by atoms with E-state index >= 15 is 0 Å². The highest BCUT2D eigenvalue weighted by Gasteiger charge is 2.04. The van der Waals surface area contributed by atoms with Crippen molar-refractivity contribution in [2.75, 3.05) is 31.8 Å². The summed E-state index contributed by atoms with van der Waals surface area (Å²) >= 11 is 1.83. The molecule has 5 heteroatoms. The topological polar surface area (TPSA) is 61.5 Å². The standard InChI is InChI=1S/C13H19NO3S/c1-16-13(15)11-3-5-12(6-4-11)17-8-2-9-18-10-7-14/h3-6H,2,7-10,14H2,1H3. The Balaban J connectivity index is 2.25. The van der Waals surface area contributed by atoms with E-state index in [1.807, 2.05) is 11.8 Å². The van der Waals surface area contributed by atoms with Gasteiger partial charge >= 0.3 is 5.97 Å². The lowest BCUT2D eigenvalue weighted by molar-refractivity contribution is 0.0600. The second-order valence-electron chi connectivity index (χ2n) is 3.62. The number of ether oxygens (including phenoxy) is 2. The fraction of sp³-hybridized carbons (Fsp3) is 0.462. The molecule has 1 rings (SSSR count). The Morgan fingerprint density at radius 3 is 2.61 bits per heavy atom. The minimum absolute atomic E-state index is 0.334. The molecule has 0 aliphatic heterocycles. The summed E-state index contributed by atoms with van der Waals surface area (Å²) in [5.74, 6) is 2.48. The quantitative estimate of drug-likeness (QED) is 0.577. The molecule has 0 saturated heterocycles. The van der Waals surface area contributed by atoms with Gasteiger partial charge in [-0.15, -0.1) is 0 Å². The third-order valence-corrected chi connectivity index (χ3v) is 3.34. The van der Waals surface area contributed by atoms with Crippen molar-refractivity contribution in [3.05, 3.63) is 29.8 Å². The van der Waals surface area contributed by atoms with Crippen LogP contribution >= 0.6 is 11.8 Å². The van der Waals surface area contributed by atoms with Crippen molar-refractivity contribution in [2.24, 2.45) is 5.73 Å². The first-order chi connectivity index (χ1) is 8.77. The molecule has 0 fully saturated rings. The molecular weight excluding hydrogens is 250 g/mol. The minimum atomic E-state index is -0.334. The van der Waals surface area contributed by atoms with Gasteiger partial charge in [0.1, 0.15) is 5.75 Å². The van der Waals surface area contributed by atoms with Gasteiger partial charge in [0.05, 0.1) is 19.3 Å². The average Bonchev–Trinajstić information content (AvgIpc) is 2.42. The maximum Gasteiger partial charge on any atom is 0.337 e. The van der Waals surface area contributed by atoms with E-state index < -0.39 is 0 Å². The van der Waals surface area contributed by atoms with Crippen molar-refractivity contribution in [3.8, 4) is 5.75 Å². The molecule has 0 unspecified atom stereocenters. The molecule has 0 aliphatic rings. The van der Waals surface area contributed by atoms with Crippen LogP contribution in [0.1, 0.15) is 16.8 Å². The number of esters is 1. The van der Waals surface area contributed by atoms with Crippen LogP contribution in [0.15, 0.2) is 24.3 Å². The van der Waals surface area contributed by atoms with Crippen molar-refractivity contribution in [3.63, 3.8) is 0 Å². The first-order valence-electron chi connectivity index (χ1n) is 5.87. The van der Waals surface area contributed by atoms with E-state index in [0.29, 0.717) is 12.2 Å². The average molecular weight is 269 g/mol. The minimum Gasteiger partial charge on any atom is -0.494 e. The molecule has 1 aromatic carbocycles. The third kappa shape index (κ3) is 5.42. The summed E-state index contributed by atoms with van der Waals surface area (Å²) in [6.45, 7) is 1.40. The van der Waals surface area contributed by atoms with Gasteiger partial charge in [-0.1, -0.05) is 0 Å². The normalized spacial score (nSPS) is 10.1.